The highest BCUT2D eigenvalue weighted by atomic mass is 16.3. The molecule has 2 aliphatic rings. The topological polar surface area (TPSA) is 93.4 Å². The summed E-state index contributed by atoms with van der Waals surface area (Å²) in [5.74, 6) is 2.98. The summed E-state index contributed by atoms with van der Waals surface area (Å²) in [4.78, 5) is 20.1. The normalized spacial score (nSPS) is 14.4. The molecule has 1 unspecified atom stereocenters. The molecule has 8 aromatic carbocycles. The van der Waals surface area contributed by atoms with Crippen molar-refractivity contribution in [3.8, 4) is 79.8 Å². The van der Waals surface area contributed by atoms with E-state index in [4.69, 9.17) is 24.4 Å². The first kappa shape index (κ1) is 35.1. The van der Waals surface area contributed by atoms with Crippen molar-refractivity contribution in [2.24, 2.45) is 0 Å². The van der Waals surface area contributed by atoms with Gasteiger partial charge in [-0.05, 0) is 99.1 Å². The molecule has 11 aromatic rings. The Morgan fingerprint density at radius 2 is 1.10 bits per heavy atom. The molecule has 292 valence electrons. The molecule has 3 heterocycles. The molecular weight excluding hydrogens is 773 g/mol. The van der Waals surface area contributed by atoms with Crippen molar-refractivity contribution in [3.63, 3.8) is 0 Å². The average Bonchev–Trinajstić information content (AvgIpc) is 4.11. The van der Waals surface area contributed by atoms with Crippen LogP contribution in [0.5, 0.6) is 0 Å². The van der Waals surface area contributed by atoms with Crippen LogP contribution >= 0.6 is 0 Å². The van der Waals surface area contributed by atoms with Gasteiger partial charge in [-0.2, -0.15) is 5.26 Å². The van der Waals surface area contributed by atoms with E-state index in [2.05, 4.69) is 120 Å². The van der Waals surface area contributed by atoms with Gasteiger partial charge < -0.3 is 4.42 Å². The highest BCUT2D eigenvalue weighted by Gasteiger charge is 2.52. The summed E-state index contributed by atoms with van der Waals surface area (Å²) >= 11 is 0. The summed E-state index contributed by atoms with van der Waals surface area (Å²) in [7, 11) is 0. The number of furan rings is 1. The maximum atomic E-state index is 10.3. The molecule has 3 aromatic heterocycles. The van der Waals surface area contributed by atoms with Crippen molar-refractivity contribution in [3.05, 3.63) is 222 Å². The summed E-state index contributed by atoms with van der Waals surface area (Å²) in [6.07, 6.45) is 0. The first-order chi connectivity index (χ1) is 31.2. The van der Waals surface area contributed by atoms with E-state index >= 15 is 0 Å². The predicted octanol–water partition coefficient (Wildman–Crippen LogP) is 12.8. The van der Waals surface area contributed by atoms with Gasteiger partial charge in [0.05, 0.1) is 28.1 Å². The number of rotatable bonds is 5. The summed E-state index contributed by atoms with van der Waals surface area (Å²) in [6, 6.07) is 69.1. The number of hydrogen-bond donors (Lipinski definition) is 0. The Hall–Kier alpha value is -8.73. The molecule has 1 atom stereocenters. The van der Waals surface area contributed by atoms with E-state index in [9.17, 15) is 5.26 Å². The monoisotopic (exact) mass is 804 g/mol. The van der Waals surface area contributed by atoms with E-state index in [1.807, 2.05) is 84.9 Å². The molecule has 0 saturated carbocycles. The minimum Gasteiger partial charge on any atom is -0.453 e. The van der Waals surface area contributed by atoms with Crippen LogP contribution in [-0.2, 0) is 5.41 Å². The molecule has 0 amide bonds. The number of imidazole rings is 1. The molecule has 1 spiro atoms. The average molecular weight is 805 g/mol. The van der Waals surface area contributed by atoms with Crippen LogP contribution in [0.1, 0.15) is 27.8 Å². The maximum absolute atomic E-state index is 10.3. The largest absolute Gasteiger partial charge is 0.453 e. The van der Waals surface area contributed by atoms with Crippen molar-refractivity contribution < 1.29 is 4.42 Å². The number of hydrogen-bond acceptors (Lipinski definition) is 6. The Morgan fingerprint density at radius 1 is 0.476 bits per heavy atom. The lowest BCUT2D eigenvalue weighted by Crippen LogP contribution is -2.25. The van der Waals surface area contributed by atoms with Gasteiger partial charge in [-0.3, -0.25) is 4.57 Å². The first-order valence-corrected chi connectivity index (χ1v) is 20.9. The van der Waals surface area contributed by atoms with Crippen molar-refractivity contribution >= 4 is 22.0 Å². The summed E-state index contributed by atoms with van der Waals surface area (Å²) < 4.78 is 8.99. The highest BCUT2D eigenvalue weighted by Crippen LogP contribution is 2.64. The third-order valence-electron chi connectivity index (χ3n) is 12.7. The lowest BCUT2D eigenvalue weighted by molar-refractivity contribution is 0.624. The van der Waals surface area contributed by atoms with Crippen LogP contribution in [-0.4, -0.2) is 24.5 Å². The molecule has 7 heteroatoms. The molecule has 13 rings (SSSR count). The molecule has 63 heavy (non-hydrogen) atoms. The van der Waals surface area contributed by atoms with E-state index in [1.165, 1.54) is 16.7 Å². The fourth-order valence-corrected chi connectivity index (χ4v) is 10.1. The Morgan fingerprint density at radius 3 is 1.86 bits per heavy atom. The third kappa shape index (κ3) is 5.07. The minimum absolute atomic E-state index is 0.442. The van der Waals surface area contributed by atoms with Crippen molar-refractivity contribution in [2.75, 3.05) is 0 Å². The second-order valence-corrected chi connectivity index (χ2v) is 16.1. The maximum Gasteiger partial charge on any atom is 0.199 e. The van der Waals surface area contributed by atoms with Crippen LogP contribution in [0, 0.1) is 11.3 Å². The first-order valence-electron chi connectivity index (χ1n) is 20.9. The van der Waals surface area contributed by atoms with E-state index in [0.717, 1.165) is 72.4 Å². The van der Waals surface area contributed by atoms with Crippen LogP contribution in [0.15, 0.2) is 199 Å². The standard InChI is InChI=1S/C56H32N6O/c57-33-34-24-26-45-41(30-34)51-42-32-50(54-60-52(35-14-4-1-5-15-35)59-53(61-54)36-16-6-2-7-17-36)63-49(42)29-28-46(51)56(45)43-21-11-10-20-39(43)40-31-37(25-27-44(40)56)55-58-47-22-12-13-23-48(47)62(55)38-18-8-3-9-19-38/h1-32H. The Kier molecular flexibility index (Phi) is 7.45. The zero-order valence-electron chi connectivity index (χ0n) is 33.6. The Balaban J connectivity index is 1.04. The van der Waals surface area contributed by atoms with Gasteiger partial charge in [-0.15, -0.1) is 0 Å². The second-order valence-electron chi connectivity index (χ2n) is 16.1. The third-order valence-corrected chi connectivity index (χ3v) is 12.7. The molecule has 7 nitrogen and oxygen atoms in total. The van der Waals surface area contributed by atoms with Gasteiger partial charge in [-0.1, -0.05) is 140 Å². The minimum atomic E-state index is -0.664. The Labute approximate surface area is 361 Å². The highest BCUT2D eigenvalue weighted by molar-refractivity contribution is 6.06. The number of benzene rings is 8. The molecule has 2 aliphatic carbocycles. The van der Waals surface area contributed by atoms with E-state index in [0.29, 0.717) is 34.4 Å². The zero-order valence-corrected chi connectivity index (χ0v) is 33.6. The molecular formula is C56H32N6O. The molecule has 0 fully saturated rings. The lowest BCUT2D eigenvalue weighted by Gasteiger charge is -2.30. The van der Waals surface area contributed by atoms with Gasteiger partial charge in [0.25, 0.3) is 0 Å². The van der Waals surface area contributed by atoms with Crippen molar-refractivity contribution in [2.45, 2.75) is 5.41 Å². The fourth-order valence-electron chi connectivity index (χ4n) is 10.1. The SMILES string of the molecule is N#Cc1ccc2c(c1)-c1c(ccc3oc(-c4nc(-c5ccccc5)nc(-c5ccccc5)n4)cc13)C21c2ccccc2-c2cc(-c3nc4ccccc4n3-c3ccccc3)ccc21. The van der Waals surface area contributed by atoms with Gasteiger partial charge in [0.2, 0.25) is 0 Å². The molecule has 0 N–H and O–H groups in total. The van der Waals surface area contributed by atoms with Crippen LogP contribution in [0.2, 0.25) is 0 Å². The van der Waals surface area contributed by atoms with Gasteiger partial charge in [0.1, 0.15) is 11.4 Å². The van der Waals surface area contributed by atoms with Gasteiger partial charge >= 0.3 is 0 Å². The summed E-state index contributed by atoms with van der Waals surface area (Å²) in [5.41, 5.74) is 15.5. The second kappa shape index (κ2) is 13.4. The molecule has 0 aliphatic heterocycles. The van der Waals surface area contributed by atoms with Gasteiger partial charge in [0.15, 0.2) is 23.2 Å². The molecule has 0 radical (unpaired) electrons. The molecule has 0 saturated heterocycles. The number of nitrogens with zero attached hydrogens (tertiary/aromatic N) is 6. The summed E-state index contributed by atoms with van der Waals surface area (Å²) in [5, 5.41) is 11.2. The van der Waals surface area contributed by atoms with Crippen molar-refractivity contribution in [1.29, 1.82) is 5.26 Å². The number of nitriles is 1. The van der Waals surface area contributed by atoms with E-state index < -0.39 is 5.41 Å². The van der Waals surface area contributed by atoms with Crippen LogP contribution in [0.3, 0.4) is 0 Å². The Bertz CT molecular complexity index is 3640. The number of fused-ring (bicyclic) bond motifs is 13. The van der Waals surface area contributed by atoms with Crippen molar-refractivity contribution in [1.82, 2.24) is 24.5 Å². The molecule has 0 bridgehead atoms. The predicted molar refractivity (Wildman–Crippen MR) is 247 cm³/mol. The summed E-state index contributed by atoms with van der Waals surface area (Å²) in [6.45, 7) is 0. The van der Waals surface area contributed by atoms with Crippen LogP contribution in [0.25, 0.3) is 95.7 Å². The smallest absolute Gasteiger partial charge is 0.199 e. The fraction of sp³-hybridized carbons (Fsp3) is 0.0179. The van der Waals surface area contributed by atoms with E-state index in [-0.39, 0.29) is 0 Å². The van der Waals surface area contributed by atoms with Gasteiger partial charge in [-0.25, -0.2) is 19.9 Å². The number of para-hydroxylation sites is 3. The van der Waals surface area contributed by atoms with Crippen LogP contribution in [0.4, 0.5) is 0 Å². The van der Waals surface area contributed by atoms with E-state index in [1.54, 1.807) is 0 Å². The quantitative estimate of drug-likeness (QED) is 0.172. The van der Waals surface area contributed by atoms with Crippen LogP contribution < -0.4 is 0 Å². The lowest BCUT2D eigenvalue weighted by atomic mass is 9.70. The number of aromatic nitrogens is 5. The van der Waals surface area contributed by atoms with Gasteiger partial charge in [0, 0.05) is 27.8 Å². The zero-order chi connectivity index (χ0) is 41.6.